The van der Waals surface area contributed by atoms with E-state index in [0.717, 1.165) is 46.0 Å². The van der Waals surface area contributed by atoms with E-state index in [9.17, 15) is 18.8 Å². The lowest BCUT2D eigenvalue weighted by atomic mass is 9.48. The molecule has 4 aliphatic carbocycles. The summed E-state index contributed by atoms with van der Waals surface area (Å²) >= 11 is 6.59. The number of imide groups is 1. The van der Waals surface area contributed by atoms with E-state index < -0.39 is 29.4 Å². The van der Waals surface area contributed by atoms with Gasteiger partial charge in [0.2, 0.25) is 5.91 Å². The molecule has 39 heavy (non-hydrogen) atoms. The SMILES string of the molecule is CCOc1ccc(C23CC4CC(CC(C4)C2)C3)cc1/C=C1/SC(=O)N(CC(=O)Nc2ccc(F)c(Cl)c2)C1=O. The first kappa shape index (κ1) is 26.4. The Morgan fingerprint density at radius 1 is 1.13 bits per heavy atom. The van der Waals surface area contributed by atoms with Gasteiger partial charge in [0.15, 0.2) is 0 Å². The summed E-state index contributed by atoms with van der Waals surface area (Å²) in [5.74, 6) is 1.37. The molecule has 4 bridgehead atoms. The lowest BCUT2D eigenvalue weighted by Gasteiger charge is -2.57. The lowest BCUT2D eigenvalue weighted by molar-refractivity contribution is -0.127. The van der Waals surface area contributed by atoms with Gasteiger partial charge in [-0.1, -0.05) is 17.7 Å². The van der Waals surface area contributed by atoms with Crippen LogP contribution < -0.4 is 10.1 Å². The summed E-state index contributed by atoms with van der Waals surface area (Å²) in [6.45, 7) is 1.94. The first-order valence-corrected chi connectivity index (χ1v) is 14.7. The highest BCUT2D eigenvalue weighted by Crippen LogP contribution is 2.61. The van der Waals surface area contributed by atoms with E-state index in [1.54, 1.807) is 6.08 Å². The monoisotopic (exact) mass is 568 g/mol. The maximum Gasteiger partial charge on any atom is 0.294 e. The number of nitrogens with one attached hydrogen (secondary N) is 1. The summed E-state index contributed by atoms with van der Waals surface area (Å²) in [4.78, 5) is 39.7. The predicted octanol–water partition coefficient (Wildman–Crippen LogP) is 7.02. The summed E-state index contributed by atoms with van der Waals surface area (Å²) in [7, 11) is 0. The molecule has 1 aliphatic heterocycles. The van der Waals surface area contributed by atoms with Crippen molar-refractivity contribution in [2.24, 2.45) is 17.8 Å². The van der Waals surface area contributed by atoms with Crippen LogP contribution in [0.4, 0.5) is 14.9 Å². The molecule has 6 nitrogen and oxygen atoms in total. The standard InChI is InChI=1S/C30H30ClFN2O4S/c1-2-38-25-6-3-21(30-13-17-7-18(14-30)9-19(8-17)15-30)10-20(25)11-26-28(36)34(29(37)39-26)16-27(35)33-22-4-5-24(32)23(31)12-22/h3-6,10-12,17-19H,2,7-9,13-16H2,1H3,(H,33,35)/b26-11+. The number of hydrogen-bond acceptors (Lipinski definition) is 5. The highest BCUT2D eigenvalue weighted by Gasteiger charge is 2.51. The molecule has 204 valence electrons. The number of thioether (sulfide) groups is 1. The number of benzene rings is 2. The summed E-state index contributed by atoms with van der Waals surface area (Å²) in [5, 5.41) is 1.90. The summed E-state index contributed by atoms with van der Waals surface area (Å²) < 4.78 is 19.3. The van der Waals surface area contributed by atoms with Crippen LogP contribution in [0.5, 0.6) is 5.75 Å². The molecule has 0 spiro atoms. The van der Waals surface area contributed by atoms with E-state index in [-0.39, 0.29) is 21.0 Å². The zero-order valence-corrected chi connectivity index (χ0v) is 23.2. The molecule has 9 heteroatoms. The average molecular weight is 569 g/mol. The second-order valence-corrected chi connectivity index (χ2v) is 12.7. The summed E-state index contributed by atoms with van der Waals surface area (Å²) in [6.07, 6.45) is 9.46. The number of rotatable bonds is 7. The topological polar surface area (TPSA) is 75.7 Å². The highest BCUT2D eigenvalue weighted by molar-refractivity contribution is 8.18. The van der Waals surface area contributed by atoms with E-state index in [0.29, 0.717) is 12.4 Å². The van der Waals surface area contributed by atoms with Gasteiger partial charge in [0.25, 0.3) is 11.1 Å². The molecular weight excluding hydrogens is 539 g/mol. The Morgan fingerprint density at radius 2 is 1.82 bits per heavy atom. The van der Waals surface area contributed by atoms with Gasteiger partial charge in [-0.3, -0.25) is 19.3 Å². The summed E-state index contributed by atoms with van der Waals surface area (Å²) in [5.41, 5.74) is 2.54. The van der Waals surface area contributed by atoms with Crippen LogP contribution in [0.2, 0.25) is 5.02 Å². The van der Waals surface area contributed by atoms with Crippen molar-refractivity contribution in [2.75, 3.05) is 18.5 Å². The quantitative estimate of drug-likeness (QED) is 0.363. The number of carbonyl (C=O) groups is 3. The van der Waals surface area contributed by atoms with Gasteiger partial charge < -0.3 is 10.1 Å². The zero-order valence-electron chi connectivity index (χ0n) is 21.7. The second-order valence-electron chi connectivity index (χ2n) is 11.3. The Kier molecular flexibility index (Phi) is 6.96. The molecule has 5 aliphatic rings. The van der Waals surface area contributed by atoms with E-state index in [1.165, 1.54) is 56.2 Å². The number of hydrogen-bond donors (Lipinski definition) is 1. The fourth-order valence-electron chi connectivity index (χ4n) is 7.44. The molecule has 2 aromatic rings. The van der Waals surface area contributed by atoms with Crippen LogP contribution in [-0.4, -0.2) is 35.1 Å². The first-order chi connectivity index (χ1) is 18.7. The number of carbonyl (C=O) groups excluding carboxylic acids is 3. The Bertz CT molecular complexity index is 1360. The largest absolute Gasteiger partial charge is 0.493 e. The second kappa shape index (κ2) is 10.3. The highest BCUT2D eigenvalue weighted by atomic mass is 35.5. The van der Waals surface area contributed by atoms with Gasteiger partial charge in [-0.2, -0.15) is 0 Å². The number of halogens is 2. The maximum absolute atomic E-state index is 13.4. The Labute approximate surface area is 236 Å². The maximum atomic E-state index is 13.4. The molecule has 1 saturated heterocycles. The van der Waals surface area contributed by atoms with Crippen molar-refractivity contribution in [2.45, 2.75) is 50.9 Å². The van der Waals surface area contributed by atoms with Crippen LogP contribution in [0.15, 0.2) is 41.3 Å². The van der Waals surface area contributed by atoms with Gasteiger partial charge in [0, 0.05) is 11.3 Å². The zero-order chi connectivity index (χ0) is 27.3. The van der Waals surface area contributed by atoms with E-state index >= 15 is 0 Å². The van der Waals surface area contributed by atoms with Crippen molar-refractivity contribution >= 4 is 52.2 Å². The molecule has 0 atom stereocenters. The van der Waals surface area contributed by atoms with Crippen LogP contribution in [0.3, 0.4) is 0 Å². The first-order valence-electron chi connectivity index (χ1n) is 13.5. The minimum absolute atomic E-state index is 0.136. The minimum atomic E-state index is -0.607. The Hall–Kier alpha value is -2.84. The van der Waals surface area contributed by atoms with Crippen molar-refractivity contribution in [3.05, 3.63) is 63.3 Å². The third-order valence-corrected chi connectivity index (χ3v) is 9.82. The molecule has 1 heterocycles. The Balaban J connectivity index is 1.23. The van der Waals surface area contributed by atoms with E-state index in [2.05, 4.69) is 17.4 Å². The van der Waals surface area contributed by atoms with Crippen LogP contribution in [0.25, 0.3) is 6.08 Å². The molecule has 0 aromatic heterocycles. The molecule has 3 amide bonds. The van der Waals surface area contributed by atoms with Crippen molar-refractivity contribution < 1.29 is 23.5 Å². The average Bonchev–Trinajstić information content (AvgIpc) is 3.14. The number of nitrogens with zero attached hydrogens (tertiary/aromatic N) is 1. The fraction of sp³-hybridized carbons (Fsp3) is 0.433. The Morgan fingerprint density at radius 3 is 2.46 bits per heavy atom. The van der Waals surface area contributed by atoms with Crippen LogP contribution in [0, 0.1) is 23.6 Å². The van der Waals surface area contributed by atoms with E-state index in [4.69, 9.17) is 16.3 Å². The molecule has 2 aromatic carbocycles. The summed E-state index contributed by atoms with van der Waals surface area (Å²) in [6, 6.07) is 10.1. The minimum Gasteiger partial charge on any atom is -0.493 e. The van der Waals surface area contributed by atoms with Gasteiger partial charge in [-0.25, -0.2) is 4.39 Å². The lowest BCUT2D eigenvalue weighted by Crippen LogP contribution is -2.48. The van der Waals surface area contributed by atoms with Crippen molar-refractivity contribution in [3.63, 3.8) is 0 Å². The van der Waals surface area contributed by atoms with Crippen LogP contribution in [-0.2, 0) is 15.0 Å². The van der Waals surface area contributed by atoms with Crippen LogP contribution in [0.1, 0.15) is 56.6 Å². The van der Waals surface area contributed by atoms with Gasteiger partial charge in [-0.05, 0) is 122 Å². The smallest absolute Gasteiger partial charge is 0.294 e. The van der Waals surface area contributed by atoms with Gasteiger partial charge >= 0.3 is 0 Å². The molecule has 4 saturated carbocycles. The fourth-order valence-corrected chi connectivity index (χ4v) is 8.45. The molecule has 5 fully saturated rings. The van der Waals surface area contributed by atoms with Crippen molar-refractivity contribution in [3.8, 4) is 5.75 Å². The van der Waals surface area contributed by atoms with Gasteiger partial charge in [0.05, 0.1) is 16.5 Å². The van der Waals surface area contributed by atoms with Crippen molar-refractivity contribution in [1.29, 1.82) is 0 Å². The van der Waals surface area contributed by atoms with Crippen molar-refractivity contribution in [1.82, 2.24) is 4.90 Å². The third-order valence-electron chi connectivity index (χ3n) is 8.63. The molecule has 0 unspecified atom stereocenters. The third kappa shape index (κ3) is 5.09. The number of amides is 3. The number of ether oxygens (including phenoxy) is 1. The van der Waals surface area contributed by atoms with E-state index in [1.807, 2.05) is 13.0 Å². The molecular formula is C30H30ClFN2O4S. The molecule has 7 rings (SSSR count). The van der Waals surface area contributed by atoms with Gasteiger partial charge in [0.1, 0.15) is 18.1 Å². The number of anilines is 1. The molecule has 1 N–H and O–H groups in total. The predicted molar refractivity (Wildman–Crippen MR) is 150 cm³/mol. The normalized spacial score (nSPS) is 28.4. The van der Waals surface area contributed by atoms with Gasteiger partial charge in [-0.15, -0.1) is 0 Å². The van der Waals surface area contributed by atoms with Crippen LogP contribution >= 0.6 is 23.4 Å². The molecule has 0 radical (unpaired) electrons.